The van der Waals surface area contributed by atoms with Crippen LogP contribution in [0.2, 0.25) is 0 Å². The van der Waals surface area contributed by atoms with Crippen LogP contribution in [0.1, 0.15) is 18.4 Å². The molecule has 192 valence electrons. The van der Waals surface area contributed by atoms with Gasteiger partial charge >= 0.3 is 11.9 Å². The molecular weight excluding hydrogens is 486 g/mol. The van der Waals surface area contributed by atoms with Crippen LogP contribution >= 0.6 is 12.6 Å². The smallest absolute Gasteiger partial charge is 0.327 e. The quantitative estimate of drug-likeness (QED) is 0.115. The van der Waals surface area contributed by atoms with E-state index in [-0.39, 0.29) is 17.9 Å². The van der Waals surface area contributed by atoms with Crippen molar-refractivity contribution in [1.82, 2.24) is 16.0 Å². The molecule has 0 aliphatic heterocycles. The zero-order chi connectivity index (χ0) is 26.7. The first-order valence-corrected chi connectivity index (χ1v) is 10.8. The molecular formula is C20H27N5O9S. The predicted octanol–water partition coefficient (Wildman–Crippen LogP) is -2.92. The van der Waals surface area contributed by atoms with Crippen molar-refractivity contribution in [2.24, 2.45) is 11.5 Å². The largest absolute Gasteiger partial charge is 0.508 e. The van der Waals surface area contributed by atoms with E-state index in [0.29, 0.717) is 5.56 Å². The molecule has 0 fully saturated rings. The second-order valence-electron chi connectivity index (χ2n) is 7.45. The summed E-state index contributed by atoms with van der Waals surface area (Å²) in [5.41, 5.74) is 11.1. The minimum Gasteiger partial charge on any atom is -0.508 e. The predicted molar refractivity (Wildman–Crippen MR) is 123 cm³/mol. The number of aromatic hydroxyl groups is 1. The standard InChI is InChI=1S/C20H27N5O9S/c21-11(6-15(22)27)17(30)23-12(5-9-1-3-10(26)4-2-9)18(31)24-13(7-16(28)29)19(32)25-14(8-35)20(33)34/h1-4,11-14,26,35H,5-8,21H2,(H2,22,27)(H,23,30)(H,24,31)(H,25,32)(H,28,29)(H,33,34). The molecule has 4 amide bonds. The number of rotatable bonds is 14. The van der Waals surface area contributed by atoms with Gasteiger partial charge in [0, 0.05) is 12.2 Å². The molecule has 0 heterocycles. The number of phenolic OH excluding ortho intramolecular Hbond substituents is 1. The summed E-state index contributed by atoms with van der Waals surface area (Å²) >= 11 is 3.80. The van der Waals surface area contributed by atoms with Gasteiger partial charge < -0.3 is 42.7 Å². The molecule has 1 aromatic carbocycles. The third-order valence-corrected chi connectivity index (χ3v) is 4.94. The molecule has 1 rings (SSSR count). The van der Waals surface area contributed by atoms with Crippen LogP contribution in [-0.4, -0.2) is 80.8 Å². The lowest BCUT2D eigenvalue weighted by Crippen LogP contribution is -2.58. The number of hydrogen-bond donors (Lipinski definition) is 9. The van der Waals surface area contributed by atoms with Crippen molar-refractivity contribution < 1.29 is 44.1 Å². The number of nitrogens with two attached hydrogens (primary N) is 2. The van der Waals surface area contributed by atoms with Crippen LogP contribution in [0.5, 0.6) is 5.75 Å². The maximum absolute atomic E-state index is 13.0. The molecule has 14 nitrogen and oxygen atoms in total. The third-order valence-electron chi connectivity index (χ3n) is 4.58. The van der Waals surface area contributed by atoms with Gasteiger partial charge in [0.05, 0.1) is 18.9 Å². The summed E-state index contributed by atoms with van der Waals surface area (Å²) in [7, 11) is 0. The van der Waals surface area contributed by atoms with Crippen molar-refractivity contribution in [2.45, 2.75) is 43.4 Å². The highest BCUT2D eigenvalue weighted by Gasteiger charge is 2.31. The summed E-state index contributed by atoms with van der Waals surface area (Å²) in [5.74, 6) is -7.10. The normalized spacial score (nSPS) is 14.0. The topological polar surface area (TPSA) is 251 Å². The second-order valence-corrected chi connectivity index (χ2v) is 7.81. The molecule has 15 heteroatoms. The van der Waals surface area contributed by atoms with Gasteiger partial charge in [0.15, 0.2) is 0 Å². The fourth-order valence-corrected chi connectivity index (χ4v) is 3.03. The van der Waals surface area contributed by atoms with E-state index in [1.807, 2.05) is 0 Å². The maximum Gasteiger partial charge on any atom is 0.327 e. The van der Waals surface area contributed by atoms with Crippen LogP contribution in [0, 0.1) is 0 Å². The first kappa shape index (κ1) is 29.2. The molecule has 0 aliphatic rings. The van der Waals surface area contributed by atoms with Crippen LogP contribution in [0.3, 0.4) is 0 Å². The highest BCUT2D eigenvalue weighted by molar-refractivity contribution is 7.80. The average Bonchev–Trinajstić information content (AvgIpc) is 2.76. The zero-order valence-electron chi connectivity index (χ0n) is 18.3. The number of carboxylic acids is 2. The Bertz CT molecular complexity index is 957. The number of primary amides is 1. The van der Waals surface area contributed by atoms with Gasteiger partial charge in [-0.1, -0.05) is 12.1 Å². The Balaban J connectivity index is 3.13. The fourth-order valence-electron chi connectivity index (χ4n) is 2.78. The molecule has 0 saturated heterocycles. The van der Waals surface area contributed by atoms with E-state index in [2.05, 4.69) is 28.6 Å². The molecule has 0 aliphatic carbocycles. The van der Waals surface area contributed by atoms with Crippen LogP contribution < -0.4 is 27.4 Å². The number of benzene rings is 1. The van der Waals surface area contributed by atoms with E-state index in [0.717, 1.165) is 0 Å². The van der Waals surface area contributed by atoms with Crippen molar-refractivity contribution in [2.75, 3.05) is 5.75 Å². The van der Waals surface area contributed by atoms with Gasteiger partial charge in [-0.15, -0.1) is 0 Å². The van der Waals surface area contributed by atoms with Crippen molar-refractivity contribution in [3.63, 3.8) is 0 Å². The van der Waals surface area contributed by atoms with E-state index in [1.54, 1.807) is 0 Å². The maximum atomic E-state index is 13.0. The Kier molecular flexibility index (Phi) is 11.5. The summed E-state index contributed by atoms with van der Waals surface area (Å²) < 4.78 is 0. The van der Waals surface area contributed by atoms with Gasteiger partial charge in [-0.2, -0.15) is 12.6 Å². The van der Waals surface area contributed by atoms with Crippen molar-refractivity contribution in [1.29, 1.82) is 0 Å². The summed E-state index contributed by atoms with van der Waals surface area (Å²) in [6, 6.07) is -0.348. The zero-order valence-corrected chi connectivity index (χ0v) is 19.2. The Morgan fingerprint density at radius 1 is 0.829 bits per heavy atom. The van der Waals surface area contributed by atoms with Gasteiger partial charge in [0.1, 0.15) is 23.9 Å². The van der Waals surface area contributed by atoms with Gasteiger partial charge in [-0.25, -0.2) is 4.79 Å². The van der Waals surface area contributed by atoms with Crippen LogP contribution in [0.25, 0.3) is 0 Å². The van der Waals surface area contributed by atoms with E-state index < -0.39 is 72.6 Å². The highest BCUT2D eigenvalue weighted by Crippen LogP contribution is 2.12. The van der Waals surface area contributed by atoms with Crippen molar-refractivity contribution in [3.8, 4) is 5.75 Å². The summed E-state index contributed by atoms with van der Waals surface area (Å²) in [5, 5.41) is 34.2. The second kappa shape index (κ2) is 13.8. The minimum absolute atomic E-state index is 0.0577. The molecule has 0 spiro atoms. The lowest BCUT2D eigenvalue weighted by molar-refractivity contribution is -0.143. The monoisotopic (exact) mass is 513 g/mol. The number of carbonyl (C=O) groups excluding carboxylic acids is 4. The number of carbonyl (C=O) groups is 6. The minimum atomic E-state index is -1.69. The average molecular weight is 514 g/mol. The number of aliphatic carboxylic acids is 2. The van der Waals surface area contributed by atoms with Crippen LogP contribution in [0.15, 0.2) is 24.3 Å². The molecule has 4 unspecified atom stereocenters. The highest BCUT2D eigenvalue weighted by atomic mass is 32.1. The molecule has 10 N–H and O–H groups in total. The first-order chi connectivity index (χ1) is 16.3. The molecule has 0 radical (unpaired) electrons. The SMILES string of the molecule is NC(=O)CC(N)C(=O)NC(Cc1ccc(O)cc1)C(=O)NC(CC(=O)O)C(=O)NC(CS)C(=O)O. The Labute approximate surface area is 204 Å². The third kappa shape index (κ3) is 10.3. The molecule has 4 atom stereocenters. The molecule has 1 aromatic rings. The molecule has 0 aromatic heterocycles. The van der Waals surface area contributed by atoms with E-state index in [1.165, 1.54) is 24.3 Å². The first-order valence-electron chi connectivity index (χ1n) is 10.1. The molecule has 0 bridgehead atoms. The number of hydrogen-bond acceptors (Lipinski definition) is 9. The Morgan fingerprint density at radius 3 is 1.83 bits per heavy atom. The van der Waals surface area contributed by atoms with E-state index in [4.69, 9.17) is 21.7 Å². The van der Waals surface area contributed by atoms with Crippen LogP contribution in [0.4, 0.5) is 0 Å². The molecule has 35 heavy (non-hydrogen) atoms. The van der Waals surface area contributed by atoms with Gasteiger partial charge in [-0.3, -0.25) is 24.0 Å². The van der Waals surface area contributed by atoms with Crippen LogP contribution in [-0.2, 0) is 35.2 Å². The Hall–Kier alpha value is -3.85. The lowest BCUT2D eigenvalue weighted by atomic mass is 10.0. The number of nitrogens with one attached hydrogen (secondary N) is 3. The number of thiol groups is 1. The number of amides is 4. The summed E-state index contributed by atoms with van der Waals surface area (Å²) in [6.07, 6.45) is -1.57. The number of phenols is 1. The van der Waals surface area contributed by atoms with Crippen molar-refractivity contribution >= 4 is 48.2 Å². The molecule has 0 saturated carbocycles. The Morgan fingerprint density at radius 2 is 1.34 bits per heavy atom. The lowest BCUT2D eigenvalue weighted by Gasteiger charge is -2.24. The van der Waals surface area contributed by atoms with E-state index in [9.17, 15) is 33.9 Å². The van der Waals surface area contributed by atoms with Gasteiger partial charge in [0.25, 0.3) is 0 Å². The summed E-state index contributed by atoms with van der Waals surface area (Å²) in [6.45, 7) is 0. The summed E-state index contributed by atoms with van der Waals surface area (Å²) in [4.78, 5) is 71.3. The fraction of sp³-hybridized carbons (Fsp3) is 0.400. The van der Waals surface area contributed by atoms with Gasteiger partial charge in [0.2, 0.25) is 23.6 Å². The van der Waals surface area contributed by atoms with Crippen molar-refractivity contribution in [3.05, 3.63) is 29.8 Å². The van der Waals surface area contributed by atoms with Gasteiger partial charge in [-0.05, 0) is 17.7 Å². The van der Waals surface area contributed by atoms with E-state index >= 15 is 0 Å². The number of carboxylic acid groups (broad SMARTS) is 2.